The zero-order chi connectivity index (χ0) is 13.0. The molecule has 0 amide bonds. The first kappa shape index (κ1) is 13.5. The molecule has 0 radical (unpaired) electrons. The van der Waals surface area contributed by atoms with E-state index in [1.165, 1.54) is 44.2 Å². The van der Waals surface area contributed by atoms with E-state index < -0.39 is 11.6 Å². The fourth-order valence-corrected chi connectivity index (χ4v) is 2.76. The lowest BCUT2D eigenvalue weighted by Crippen LogP contribution is -2.33. The summed E-state index contributed by atoms with van der Waals surface area (Å²) in [5.74, 6) is -0.354. The largest absolute Gasteiger partial charge is 0.310 e. The number of nitrogens with one attached hydrogen (secondary N) is 1. The predicted octanol–water partition coefficient (Wildman–Crippen LogP) is 4.02. The van der Waals surface area contributed by atoms with Crippen LogP contribution < -0.4 is 5.32 Å². The van der Waals surface area contributed by atoms with Crippen LogP contribution >= 0.6 is 0 Å². The fraction of sp³-hybridized carbons (Fsp3) is 0.600. The van der Waals surface area contributed by atoms with Crippen LogP contribution in [0.1, 0.15) is 44.6 Å². The highest BCUT2D eigenvalue weighted by Crippen LogP contribution is 2.23. The van der Waals surface area contributed by atoms with E-state index >= 15 is 0 Å². The van der Waals surface area contributed by atoms with Gasteiger partial charge >= 0.3 is 0 Å². The van der Waals surface area contributed by atoms with Crippen LogP contribution in [0.4, 0.5) is 8.78 Å². The minimum atomic E-state index is -0.499. The van der Waals surface area contributed by atoms with Crippen molar-refractivity contribution in [2.24, 2.45) is 5.92 Å². The summed E-state index contributed by atoms with van der Waals surface area (Å²) in [6, 6.07) is 4.19. The molecular weight excluding hydrogens is 232 g/mol. The van der Waals surface area contributed by atoms with E-state index in [0.717, 1.165) is 6.07 Å². The maximum atomic E-state index is 13.1. The normalized spacial score (nSPS) is 24.8. The first-order valence-corrected chi connectivity index (χ1v) is 6.83. The molecule has 0 aliphatic heterocycles. The zero-order valence-electron chi connectivity index (χ0n) is 10.9. The number of rotatable bonds is 3. The van der Waals surface area contributed by atoms with Crippen molar-refractivity contribution in [2.45, 2.75) is 51.6 Å². The molecule has 1 aromatic carbocycles. The molecule has 2 unspecified atom stereocenters. The van der Waals surface area contributed by atoms with E-state index in [2.05, 4.69) is 12.2 Å². The van der Waals surface area contributed by atoms with Gasteiger partial charge in [-0.05, 0) is 36.5 Å². The zero-order valence-corrected chi connectivity index (χ0v) is 10.9. The third-order valence-electron chi connectivity index (χ3n) is 3.85. The molecule has 100 valence electrons. The van der Waals surface area contributed by atoms with Crippen LogP contribution in [0.25, 0.3) is 0 Å². The third-order valence-corrected chi connectivity index (χ3v) is 3.85. The van der Waals surface area contributed by atoms with Gasteiger partial charge in [-0.1, -0.05) is 26.2 Å². The van der Waals surface area contributed by atoms with Crippen LogP contribution in [0.3, 0.4) is 0 Å². The number of hydrogen-bond acceptors (Lipinski definition) is 1. The first-order valence-electron chi connectivity index (χ1n) is 6.83. The Kier molecular flexibility index (Phi) is 4.70. The molecule has 1 aromatic rings. The van der Waals surface area contributed by atoms with E-state index in [1.807, 2.05) is 0 Å². The fourth-order valence-electron chi connectivity index (χ4n) is 2.76. The Bertz CT molecular complexity index is 372. The monoisotopic (exact) mass is 253 g/mol. The second kappa shape index (κ2) is 6.28. The lowest BCUT2D eigenvalue weighted by atomic mass is 9.97. The van der Waals surface area contributed by atoms with E-state index in [1.54, 1.807) is 0 Å². The summed E-state index contributed by atoms with van der Waals surface area (Å²) in [5.41, 5.74) is 0.684. The van der Waals surface area contributed by atoms with Gasteiger partial charge in [-0.25, -0.2) is 8.78 Å². The summed E-state index contributed by atoms with van der Waals surface area (Å²) in [5, 5.41) is 3.45. The van der Waals surface area contributed by atoms with Gasteiger partial charge in [-0.3, -0.25) is 0 Å². The molecule has 0 saturated heterocycles. The molecule has 1 N–H and O–H groups in total. The lowest BCUT2D eigenvalue weighted by Gasteiger charge is -2.23. The van der Waals surface area contributed by atoms with E-state index in [4.69, 9.17) is 0 Å². The molecule has 1 nitrogen and oxygen atoms in total. The second-order valence-electron chi connectivity index (χ2n) is 5.38. The van der Waals surface area contributed by atoms with Crippen LogP contribution in [0.5, 0.6) is 0 Å². The average Bonchev–Trinajstić information content (AvgIpc) is 2.50. The van der Waals surface area contributed by atoms with Crippen LogP contribution in [-0.2, 0) is 6.54 Å². The Balaban J connectivity index is 1.93. The van der Waals surface area contributed by atoms with Crippen molar-refractivity contribution >= 4 is 0 Å². The number of benzene rings is 1. The molecule has 0 bridgehead atoms. The van der Waals surface area contributed by atoms with Crippen molar-refractivity contribution in [3.05, 3.63) is 35.4 Å². The third kappa shape index (κ3) is 3.77. The number of halogens is 2. The molecule has 3 heteroatoms. The van der Waals surface area contributed by atoms with Gasteiger partial charge < -0.3 is 5.32 Å². The Morgan fingerprint density at radius 2 is 1.72 bits per heavy atom. The van der Waals surface area contributed by atoms with E-state index in [9.17, 15) is 8.78 Å². The number of hydrogen-bond donors (Lipinski definition) is 1. The van der Waals surface area contributed by atoms with Crippen LogP contribution in [0.15, 0.2) is 18.2 Å². The molecule has 1 aliphatic rings. The van der Waals surface area contributed by atoms with Crippen molar-refractivity contribution in [3.8, 4) is 0 Å². The summed E-state index contributed by atoms with van der Waals surface area (Å²) in [7, 11) is 0. The van der Waals surface area contributed by atoms with Crippen molar-refractivity contribution in [2.75, 3.05) is 0 Å². The van der Waals surface area contributed by atoms with Crippen molar-refractivity contribution in [1.82, 2.24) is 5.32 Å². The van der Waals surface area contributed by atoms with Gasteiger partial charge in [0.15, 0.2) is 0 Å². The smallest absolute Gasteiger partial charge is 0.126 e. The summed E-state index contributed by atoms with van der Waals surface area (Å²) >= 11 is 0. The highest BCUT2D eigenvalue weighted by Gasteiger charge is 2.19. The quantitative estimate of drug-likeness (QED) is 0.802. The van der Waals surface area contributed by atoms with Gasteiger partial charge in [0.25, 0.3) is 0 Å². The van der Waals surface area contributed by atoms with Crippen molar-refractivity contribution in [3.63, 3.8) is 0 Å². The summed E-state index contributed by atoms with van der Waals surface area (Å²) in [6.45, 7) is 2.80. The average molecular weight is 253 g/mol. The molecule has 1 fully saturated rings. The van der Waals surface area contributed by atoms with Gasteiger partial charge in [0.2, 0.25) is 0 Å². The molecule has 2 rings (SSSR count). The highest BCUT2D eigenvalue weighted by molar-refractivity contribution is 5.17. The molecule has 0 spiro atoms. The molecule has 18 heavy (non-hydrogen) atoms. The lowest BCUT2D eigenvalue weighted by molar-refractivity contribution is 0.355. The summed E-state index contributed by atoms with van der Waals surface area (Å²) in [4.78, 5) is 0. The maximum absolute atomic E-state index is 13.1. The van der Waals surface area contributed by atoms with Gasteiger partial charge in [-0.15, -0.1) is 0 Å². The van der Waals surface area contributed by atoms with Crippen LogP contribution in [0, 0.1) is 17.6 Å². The maximum Gasteiger partial charge on any atom is 0.126 e. The van der Waals surface area contributed by atoms with E-state index in [-0.39, 0.29) is 0 Å². The molecule has 2 atom stereocenters. The van der Waals surface area contributed by atoms with Crippen LogP contribution in [-0.4, -0.2) is 6.04 Å². The molecule has 0 aromatic heterocycles. The summed E-state index contributed by atoms with van der Waals surface area (Å²) < 4.78 is 26.1. The van der Waals surface area contributed by atoms with Crippen LogP contribution in [0.2, 0.25) is 0 Å². The summed E-state index contributed by atoms with van der Waals surface area (Å²) in [6.07, 6.45) is 6.26. The Morgan fingerprint density at radius 3 is 2.44 bits per heavy atom. The van der Waals surface area contributed by atoms with Gasteiger partial charge in [0, 0.05) is 18.7 Å². The Labute approximate surface area is 108 Å². The highest BCUT2D eigenvalue weighted by atomic mass is 19.1. The minimum absolute atomic E-state index is 0.471. The molecule has 1 aliphatic carbocycles. The molecule has 0 heterocycles. The Morgan fingerprint density at radius 1 is 1.06 bits per heavy atom. The standard InChI is InChI=1S/C15H21F2N/c1-11-5-3-2-4-6-15(11)18-10-12-7-13(16)9-14(17)8-12/h7-9,11,15,18H,2-6,10H2,1H3. The van der Waals surface area contributed by atoms with Crippen molar-refractivity contribution in [1.29, 1.82) is 0 Å². The van der Waals surface area contributed by atoms with Gasteiger partial charge in [0.05, 0.1) is 0 Å². The molecular formula is C15H21F2N. The first-order chi connectivity index (χ1) is 8.65. The van der Waals surface area contributed by atoms with E-state index in [0.29, 0.717) is 24.1 Å². The predicted molar refractivity (Wildman–Crippen MR) is 69.2 cm³/mol. The SMILES string of the molecule is CC1CCCCCC1NCc1cc(F)cc(F)c1. The van der Waals surface area contributed by atoms with Gasteiger partial charge in [-0.2, -0.15) is 0 Å². The van der Waals surface area contributed by atoms with Gasteiger partial charge in [0.1, 0.15) is 11.6 Å². The second-order valence-corrected chi connectivity index (χ2v) is 5.38. The topological polar surface area (TPSA) is 12.0 Å². The minimum Gasteiger partial charge on any atom is -0.310 e. The Hall–Kier alpha value is -0.960. The van der Waals surface area contributed by atoms with Crippen molar-refractivity contribution < 1.29 is 8.78 Å². The molecule has 1 saturated carbocycles.